The van der Waals surface area contributed by atoms with Crippen molar-refractivity contribution in [1.82, 2.24) is 10.2 Å². The first-order valence-electron chi connectivity index (χ1n) is 9.94. The fraction of sp³-hybridized carbons (Fsp3) is 0.273. The summed E-state index contributed by atoms with van der Waals surface area (Å²) in [7, 11) is 4.45. The second kappa shape index (κ2) is 9.63. The van der Waals surface area contributed by atoms with Gasteiger partial charge in [-0.15, -0.1) is 10.2 Å². The fourth-order valence-corrected chi connectivity index (χ4v) is 4.53. The molecule has 2 amide bonds. The van der Waals surface area contributed by atoms with E-state index in [1.807, 2.05) is 12.1 Å². The summed E-state index contributed by atoms with van der Waals surface area (Å²) >= 11 is 7.18. The van der Waals surface area contributed by atoms with E-state index >= 15 is 0 Å². The molecule has 0 bridgehead atoms. The van der Waals surface area contributed by atoms with Gasteiger partial charge in [-0.2, -0.15) is 0 Å². The van der Waals surface area contributed by atoms with Gasteiger partial charge in [0.2, 0.25) is 16.8 Å². The molecule has 0 aliphatic carbocycles. The van der Waals surface area contributed by atoms with Gasteiger partial charge in [-0.1, -0.05) is 22.9 Å². The summed E-state index contributed by atoms with van der Waals surface area (Å²) in [4.78, 5) is 27.0. The first kappa shape index (κ1) is 22.8. The Kier molecular flexibility index (Phi) is 6.66. The molecule has 1 fully saturated rings. The summed E-state index contributed by atoms with van der Waals surface area (Å²) in [6, 6.07) is 10.2. The Labute approximate surface area is 199 Å². The lowest BCUT2D eigenvalue weighted by atomic mass is 10.1. The van der Waals surface area contributed by atoms with Gasteiger partial charge in [-0.05, 0) is 36.4 Å². The van der Waals surface area contributed by atoms with Crippen molar-refractivity contribution in [2.45, 2.75) is 12.3 Å². The largest absolute Gasteiger partial charge is 0.493 e. The number of benzene rings is 2. The third kappa shape index (κ3) is 4.71. The van der Waals surface area contributed by atoms with E-state index in [-0.39, 0.29) is 11.8 Å². The van der Waals surface area contributed by atoms with Crippen LogP contribution >= 0.6 is 22.9 Å². The second-order valence-corrected chi connectivity index (χ2v) is 8.64. The Bertz CT molecular complexity index is 1160. The number of hydrogen-bond acceptors (Lipinski definition) is 8. The molecule has 1 atom stereocenters. The molecule has 4 rings (SSSR count). The average molecular weight is 489 g/mol. The van der Waals surface area contributed by atoms with Crippen molar-refractivity contribution in [3.63, 3.8) is 0 Å². The second-order valence-electron chi connectivity index (χ2n) is 7.20. The van der Waals surface area contributed by atoms with Gasteiger partial charge in [0.15, 0.2) is 11.5 Å². The van der Waals surface area contributed by atoms with Crippen LogP contribution < -0.4 is 24.4 Å². The summed E-state index contributed by atoms with van der Waals surface area (Å²) in [5, 5.41) is 12.7. The number of carbonyl (C=O) groups is 2. The zero-order valence-electron chi connectivity index (χ0n) is 18.1. The Balaban J connectivity index is 1.47. The number of nitrogens with zero attached hydrogens (tertiary/aromatic N) is 3. The van der Waals surface area contributed by atoms with E-state index in [0.29, 0.717) is 50.9 Å². The van der Waals surface area contributed by atoms with Crippen LogP contribution in [0.15, 0.2) is 36.4 Å². The van der Waals surface area contributed by atoms with Gasteiger partial charge in [0.05, 0.1) is 21.3 Å². The summed E-state index contributed by atoms with van der Waals surface area (Å²) in [6.07, 6.45) is 0.318. The van der Waals surface area contributed by atoms with Gasteiger partial charge in [0.1, 0.15) is 5.01 Å². The number of nitrogens with one attached hydrogen (secondary N) is 1. The number of ether oxygens (including phenoxy) is 3. The Hall–Kier alpha value is -3.37. The van der Waals surface area contributed by atoms with Gasteiger partial charge in [0, 0.05) is 35.2 Å². The minimum absolute atomic E-state index is 0.000492. The molecule has 1 aromatic heterocycles. The lowest BCUT2D eigenvalue weighted by molar-refractivity contribution is -0.117. The zero-order valence-corrected chi connectivity index (χ0v) is 19.7. The van der Waals surface area contributed by atoms with Crippen LogP contribution in [0.2, 0.25) is 5.02 Å². The summed E-state index contributed by atoms with van der Waals surface area (Å²) in [5.74, 6) is 0.615. The molecule has 1 aliphatic heterocycles. The van der Waals surface area contributed by atoms with Crippen molar-refractivity contribution in [3.8, 4) is 17.2 Å². The molecular formula is C22H21ClN4O5S. The molecule has 1 aliphatic rings. The number of anilines is 2. The lowest BCUT2D eigenvalue weighted by Crippen LogP contribution is -2.24. The van der Waals surface area contributed by atoms with Crippen LogP contribution in [0.1, 0.15) is 27.7 Å². The van der Waals surface area contributed by atoms with E-state index in [0.717, 1.165) is 5.69 Å². The van der Waals surface area contributed by atoms with Crippen molar-refractivity contribution < 1.29 is 23.8 Å². The standard InChI is InChI=1S/C22H21ClN4O5S/c1-30-16-8-12(9-17(31-2)19(16)32-3)20(29)24-22-26-25-21(33-22)13-10-18(28)27(11-13)15-6-4-14(23)5-7-15/h4-9,13H,10-11H2,1-3H3,(H,24,26,29)/t13-/m1/s1. The number of rotatable bonds is 7. The Morgan fingerprint density at radius 1 is 1.09 bits per heavy atom. The summed E-state index contributed by atoms with van der Waals surface area (Å²) in [5.41, 5.74) is 1.10. The third-order valence-corrected chi connectivity index (χ3v) is 6.45. The topological polar surface area (TPSA) is 103 Å². The highest BCUT2D eigenvalue weighted by molar-refractivity contribution is 7.15. The highest BCUT2D eigenvalue weighted by atomic mass is 35.5. The summed E-state index contributed by atoms with van der Waals surface area (Å²) in [6.45, 7) is 0.482. The smallest absolute Gasteiger partial charge is 0.257 e. The molecule has 2 aromatic carbocycles. The van der Waals surface area contributed by atoms with Gasteiger partial charge in [0.25, 0.3) is 5.91 Å². The predicted octanol–water partition coefficient (Wildman–Crippen LogP) is 3.99. The van der Waals surface area contributed by atoms with Crippen LogP contribution in [-0.4, -0.2) is 49.9 Å². The lowest BCUT2D eigenvalue weighted by Gasteiger charge is -2.16. The van der Waals surface area contributed by atoms with Gasteiger partial charge in [-0.25, -0.2) is 0 Å². The molecule has 0 unspecified atom stereocenters. The first-order valence-corrected chi connectivity index (χ1v) is 11.1. The Morgan fingerprint density at radius 3 is 2.36 bits per heavy atom. The van der Waals surface area contributed by atoms with E-state index < -0.39 is 5.91 Å². The van der Waals surface area contributed by atoms with Crippen LogP contribution in [0.3, 0.4) is 0 Å². The monoisotopic (exact) mass is 488 g/mol. The van der Waals surface area contributed by atoms with E-state index in [2.05, 4.69) is 15.5 Å². The molecule has 1 N–H and O–H groups in total. The number of halogens is 1. The number of carbonyl (C=O) groups excluding carboxylic acids is 2. The number of aromatic nitrogens is 2. The number of amides is 2. The highest BCUT2D eigenvalue weighted by Gasteiger charge is 2.34. The van der Waals surface area contributed by atoms with E-state index in [1.165, 1.54) is 32.7 Å². The SMILES string of the molecule is COc1cc(C(=O)Nc2nnc([C@@H]3CC(=O)N(c4ccc(Cl)cc4)C3)s2)cc(OC)c1OC. The normalized spacial score (nSPS) is 15.5. The summed E-state index contributed by atoms with van der Waals surface area (Å²) < 4.78 is 15.9. The van der Waals surface area contributed by atoms with Gasteiger partial charge >= 0.3 is 0 Å². The van der Waals surface area contributed by atoms with Crippen LogP contribution in [0.5, 0.6) is 17.2 Å². The Morgan fingerprint density at radius 2 is 1.76 bits per heavy atom. The molecule has 9 nitrogen and oxygen atoms in total. The molecule has 11 heteroatoms. The van der Waals surface area contributed by atoms with Crippen molar-refractivity contribution in [3.05, 3.63) is 52.0 Å². The van der Waals surface area contributed by atoms with Crippen LogP contribution in [0.25, 0.3) is 0 Å². The maximum absolute atomic E-state index is 12.8. The molecular weight excluding hydrogens is 468 g/mol. The highest BCUT2D eigenvalue weighted by Crippen LogP contribution is 2.39. The fourth-order valence-electron chi connectivity index (χ4n) is 3.58. The first-order chi connectivity index (χ1) is 15.9. The molecule has 33 heavy (non-hydrogen) atoms. The van der Waals surface area contributed by atoms with Crippen molar-refractivity contribution in [2.24, 2.45) is 0 Å². The van der Waals surface area contributed by atoms with Gasteiger partial charge < -0.3 is 19.1 Å². The molecule has 1 saturated heterocycles. The third-order valence-electron chi connectivity index (χ3n) is 5.20. The molecule has 2 heterocycles. The molecule has 0 saturated carbocycles. The average Bonchev–Trinajstić information content (AvgIpc) is 3.45. The maximum atomic E-state index is 12.8. The van der Waals surface area contributed by atoms with Crippen molar-refractivity contribution in [1.29, 1.82) is 0 Å². The van der Waals surface area contributed by atoms with Crippen molar-refractivity contribution in [2.75, 3.05) is 38.1 Å². The van der Waals surface area contributed by atoms with Crippen LogP contribution in [-0.2, 0) is 4.79 Å². The van der Waals surface area contributed by atoms with Crippen LogP contribution in [0.4, 0.5) is 10.8 Å². The maximum Gasteiger partial charge on any atom is 0.257 e. The number of hydrogen-bond donors (Lipinski definition) is 1. The predicted molar refractivity (Wildman–Crippen MR) is 125 cm³/mol. The quantitative estimate of drug-likeness (QED) is 0.536. The molecule has 0 radical (unpaired) electrons. The molecule has 3 aromatic rings. The van der Waals surface area contributed by atoms with Gasteiger partial charge in [-0.3, -0.25) is 14.9 Å². The van der Waals surface area contributed by atoms with Crippen LogP contribution in [0, 0.1) is 0 Å². The van der Waals surface area contributed by atoms with E-state index in [4.69, 9.17) is 25.8 Å². The molecule has 172 valence electrons. The van der Waals surface area contributed by atoms with Crippen molar-refractivity contribution >= 4 is 45.6 Å². The number of methoxy groups -OCH3 is 3. The zero-order chi connectivity index (χ0) is 23.5. The minimum atomic E-state index is -0.401. The minimum Gasteiger partial charge on any atom is -0.493 e. The molecule has 0 spiro atoms. The van der Waals surface area contributed by atoms with E-state index in [1.54, 1.807) is 29.2 Å². The van der Waals surface area contributed by atoms with E-state index in [9.17, 15) is 9.59 Å².